The Labute approximate surface area is 111 Å². The van der Waals surface area contributed by atoms with Crippen LogP contribution in [0.3, 0.4) is 0 Å². The van der Waals surface area contributed by atoms with Crippen LogP contribution in [-0.4, -0.2) is 41.5 Å². The van der Waals surface area contributed by atoms with Crippen molar-refractivity contribution in [2.45, 2.75) is 26.3 Å². The summed E-state index contributed by atoms with van der Waals surface area (Å²) in [6.07, 6.45) is 0.691. The smallest absolute Gasteiger partial charge is 0.186 e. The summed E-state index contributed by atoms with van der Waals surface area (Å²) in [5, 5.41) is 8.82. The molecule has 5 heteroatoms. The molecule has 1 rings (SSSR count). The quantitative estimate of drug-likeness (QED) is 0.778. The summed E-state index contributed by atoms with van der Waals surface area (Å²) in [5.74, 6) is 0.0912. The molecule has 1 aromatic heterocycles. The van der Waals surface area contributed by atoms with E-state index < -0.39 is 0 Å². The number of Topliss-reactive ketones (excluding diaryl/α,β-unsaturated/α-hetero) is 1. The molecular formula is C12H18ClNO2S. The van der Waals surface area contributed by atoms with Crippen LogP contribution >= 0.6 is 22.9 Å². The molecule has 1 heterocycles. The Morgan fingerprint density at radius 1 is 1.53 bits per heavy atom. The fourth-order valence-electron chi connectivity index (χ4n) is 1.52. The first-order valence-corrected chi connectivity index (χ1v) is 6.87. The standard InChI is InChI=1S/C12H18ClNO2S/c1-9(2)14(6-3-7-15)8-10(16)11-4-5-12(13)17-11/h4-5,9,15H,3,6-8H2,1-2H3. The van der Waals surface area contributed by atoms with Crippen LogP contribution in [0.25, 0.3) is 0 Å². The van der Waals surface area contributed by atoms with Crippen LogP contribution in [0.4, 0.5) is 0 Å². The van der Waals surface area contributed by atoms with E-state index >= 15 is 0 Å². The van der Waals surface area contributed by atoms with Gasteiger partial charge in [0.25, 0.3) is 0 Å². The Bertz CT molecular complexity index is 365. The van der Waals surface area contributed by atoms with Gasteiger partial charge in [-0.2, -0.15) is 0 Å². The number of carbonyl (C=O) groups is 1. The van der Waals surface area contributed by atoms with Crippen molar-refractivity contribution in [3.8, 4) is 0 Å². The summed E-state index contributed by atoms with van der Waals surface area (Å²) in [6, 6.07) is 3.80. The number of thiophene rings is 1. The maximum atomic E-state index is 12.0. The SMILES string of the molecule is CC(C)N(CCCO)CC(=O)c1ccc(Cl)s1. The van der Waals surface area contributed by atoms with Gasteiger partial charge in [0.1, 0.15) is 0 Å². The number of nitrogens with zero attached hydrogens (tertiary/aromatic N) is 1. The van der Waals surface area contributed by atoms with Gasteiger partial charge in [-0.1, -0.05) is 11.6 Å². The second-order valence-electron chi connectivity index (χ2n) is 4.17. The fourth-order valence-corrected chi connectivity index (χ4v) is 2.49. The highest BCUT2D eigenvalue weighted by atomic mass is 35.5. The highest BCUT2D eigenvalue weighted by molar-refractivity contribution is 7.18. The van der Waals surface area contributed by atoms with Crippen LogP contribution in [0, 0.1) is 0 Å². The molecule has 0 aliphatic rings. The zero-order chi connectivity index (χ0) is 12.8. The highest BCUT2D eigenvalue weighted by Gasteiger charge is 2.16. The van der Waals surface area contributed by atoms with Gasteiger partial charge in [-0.15, -0.1) is 11.3 Å². The normalized spacial score (nSPS) is 11.4. The number of hydrogen-bond donors (Lipinski definition) is 1. The molecule has 0 bridgehead atoms. The molecule has 0 radical (unpaired) electrons. The molecule has 0 unspecified atom stereocenters. The first-order valence-electron chi connectivity index (χ1n) is 5.68. The molecule has 0 amide bonds. The van der Waals surface area contributed by atoms with E-state index in [0.717, 1.165) is 6.54 Å². The summed E-state index contributed by atoms with van der Waals surface area (Å²) >= 11 is 7.12. The number of ketones is 1. The summed E-state index contributed by atoms with van der Waals surface area (Å²) in [4.78, 5) is 14.7. The second kappa shape index (κ2) is 7.11. The molecule has 1 N–H and O–H groups in total. The molecule has 0 aromatic carbocycles. The van der Waals surface area contributed by atoms with Crippen molar-refractivity contribution in [1.82, 2.24) is 4.90 Å². The molecule has 0 spiro atoms. The number of hydrogen-bond acceptors (Lipinski definition) is 4. The summed E-state index contributed by atoms with van der Waals surface area (Å²) in [7, 11) is 0. The van der Waals surface area contributed by atoms with Gasteiger partial charge in [0.05, 0.1) is 15.8 Å². The van der Waals surface area contributed by atoms with E-state index in [4.69, 9.17) is 16.7 Å². The molecular weight excluding hydrogens is 258 g/mol. The number of aliphatic hydroxyl groups is 1. The van der Waals surface area contributed by atoms with Crippen LogP contribution in [0.2, 0.25) is 4.34 Å². The first-order chi connectivity index (χ1) is 8.04. The minimum absolute atomic E-state index is 0.0912. The van der Waals surface area contributed by atoms with Gasteiger partial charge in [0, 0.05) is 19.2 Å². The fraction of sp³-hybridized carbons (Fsp3) is 0.583. The van der Waals surface area contributed by atoms with Crippen molar-refractivity contribution in [3.05, 3.63) is 21.3 Å². The van der Waals surface area contributed by atoms with Crippen LogP contribution in [0.5, 0.6) is 0 Å². The average molecular weight is 276 g/mol. The van der Waals surface area contributed by atoms with E-state index in [1.54, 1.807) is 12.1 Å². The topological polar surface area (TPSA) is 40.5 Å². The summed E-state index contributed by atoms with van der Waals surface area (Å²) < 4.78 is 0.639. The van der Waals surface area contributed by atoms with E-state index in [-0.39, 0.29) is 12.4 Å². The third-order valence-corrected chi connectivity index (χ3v) is 3.80. The Morgan fingerprint density at radius 2 is 2.24 bits per heavy atom. The monoisotopic (exact) mass is 275 g/mol. The Kier molecular flexibility index (Phi) is 6.12. The lowest BCUT2D eigenvalue weighted by Gasteiger charge is -2.25. The van der Waals surface area contributed by atoms with Gasteiger partial charge in [-0.3, -0.25) is 9.69 Å². The Hall–Kier alpha value is -0.420. The minimum atomic E-state index is 0.0912. The molecule has 0 atom stereocenters. The second-order valence-corrected chi connectivity index (χ2v) is 5.88. The minimum Gasteiger partial charge on any atom is -0.396 e. The van der Waals surface area contributed by atoms with E-state index in [1.807, 2.05) is 13.8 Å². The van der Waals surface area contributed by atoms with Crippen molar-refractivity contribution in [1.29, 1.82) is 0 Å². The largest absolute Gasteiger partial charge is 0.396 e. The number of aliphatic hydroxyl groups excluding tert-OH is 1. The third-order valence-electron chi connectivity index (χ3n) is 2.53. The van der Waals surface area contributed by atoms with E-state index in [0.29, 0.717) is 28.2 Å². The van der Waals surface area contributed by atoms with Crippen LogP contribution < -0.4 is 0 Å². The summed E-state index contributed by atoms with van der Waals surface area (Å²) in [5.41, 5.74) is 0. The van der Waals surface area contributed by atoms with Gasteiger partial charge in [-0.05, 0) is 32.4 Å². The van der Waals surface area contributed by atoms with Crippen molar-refractivity contribution in [2.24, 2.45) is 0 Å². The predicted octanol–water partition coefficient (Wildman–Crippen LogP) is 2.68. The van der Waals surface area contributed by atoms with E-state index in [9.17, 15) is 4.79 Å². The predicted molar refractivity (Wildman–Crippen MR) is 72.1 cm³/mol. The lowest BCUT2D eigenvalue weighted by atomic mass is 10.2. The summed E-state index contributed by atoms with van der Waals surface area (Å²) in [6.45, 7) is 5.37. The number of carbonyl (C=O) groups excluding carboxylic acids is 1. The average Bonchev–Trinajstić information content (AvgIpc) is 2.70. The zero-order valence-corrected chi connectivity index (χ0v) is 11.7. The van der Waals surface area contributed by atoms with Crippen molar-refractivity contribution in [3.63, 3.8) is 0 Å². The molecule has 96 valence electrons. The highest BCUT2D eigenvalue weighted by Crippen LogP contribution is 2.22. The van der Waals surface area contributed by atoms with Crippen LogP contribution in [0.1, 0.15) is 29.9 Å². The Morgan fingerprint density at radius 3 is 2.71 bits per heavy atom. The lowest BCUT2D eigenvalue weighted by molar-refractivity contribution is 0.0900. The number of rotatable bonds is 7. The maximum Gasteiger partial charge on any atom is 0.186 e. The Balaban J connectivity index is 2.57. The van der Waals surface area contributed by atoms with Crippen molar-refractivity contribution in [2.75, 3.05) is 19.7 Å². The molecule has 0 fully saturated rings. The van der Waals surface area contributed by atoms with Gasteiger partial charge in [-0.25, -0.2) is 0 Å². The van der Waals surface area contributed by atoms with Gasteiger partial charge < -0.3 is 5.11 Å². The van der Waals surface area contributed by atoms with E-state index in [2.05, 4.69) is 4.90 Å². The van der Waals surface area contributed by atoms with Crippen molar-refractivity contribution >= 4 is 28.7 Å². The molecule has 3 nitrogen and oxygen atoms in total. The van der Waals surface area contributed by atoms with Crippen LogP contribution in [-0.2, 0) is 0 Å². The number of halogens is 1. The zero-order valence-electron chi connectivity index (χ0n) is 10.1. The molecule has 17 heavy (non-hydrogen) atoms. The lowest BCUT2D eigenvalue weighted by Crippen LogP contribution is -2.36. The van der Waals surface area contributed by atoms with Gasteiger partial charge >= 0.3 is 0 Å². The molecule has 1 aromatic rings. The first kappa shape index (κ1) is 14.6. The van der Waals surface area contributed by atoms with Crippen LogP contribution in [0.15, 0.2) is 12.1 Å². The molecule has 0 aliphatic carbocycles. The molecule has 0 saturated heterocycles. The molecule has 0 saturated carbocycles. The maximum absolute atomic E-state index is 12.0. The third kappa shape index (κ3) is 4.76. The molecule has 0 aliphatic heterocycles. The van der Waals surface area contributed by atoms with Gasteiger partial charge in [0.15, 0.2) is 5.78 Å². The van der Waals surface area contributed by atoms with Crippen molar-refractivity contribution < 1.29 is 9.90 Å². The van der Waals surface area contributed by atoms with E-state index in [1.165, 1.54) is 11.3 Å². The van der Waals surface area contributed by atoms with Gasteiger partial charge in [0.2, 0.25) is 0 Å².